The highest BCUT2D eigenvalue weighted by molar-refractivity contribution is 9.10. The third-order valence-corrected chi connectivity index (χ3v) is 2.23. The predicted octanol–water partition coefficient (Wildman–Crippen LogP) is 2.78. The Morgan fingerprint density at radius 3 is 2.50 bits per heavy atom. The molecule has 0 fully saturated rings. The fourth-order valence-corrected chi connectivity index (χ4v) is 1.30. The van der Waals surface area contributed by atoms with Crippen molar-refractivity contribution in [3.8, 4) is 0 Å². The van der Waals surface area contributed by atoms with Crippen LogP contribution in [0, 0.1) is 0 Å². The van der Waals surface area contributed by atoms with Crippen molar-refractivity contribution in [3.63, 3.8) is 0 Å². The Morgan fingerprint density at radius 2 is 1.92 bits per heavy atom. The summed E-state index contributed by atoms with van der Waals surface area (Å²) < 4.78 is 1.11. The Kier molecular flexibility index (Phi) is 4.66. The van der Waals surface area contributed by atoms with Gasteiger partial charge in [-0.25, -0.2) is 0 Å². The molecule has 0 bridgehead atoms. The molecule has 0 amide bonds. The first kappa shape index (κ1) is 10.0. The quantitative estimate of drug-likeness (QED) is 0.638. The van der Waals surface area contributed by atoms with Gasteiger partial charge < -0.3 is 5.32 Å². The molecule has 1 aromatic carbocycles. The van der Waals surface area contributed by atoms with E-state index in [1.165, 1.54) is 5.56 Å². The first-order valence-corrected chi connectivity index (χ1v) is 5.17. The summed E-state index contributed by atoms with van der Waals surface area (Å²) in [5.74, 6) is 0.663. The highest BCUT2D eigenvalue weighted by Gasteiger charge is 1.91. The summed E-state index contributed by atoms with van der Waals surface area (Å²) in [6.45, 7) is 1.75. The lowest BCUT2D eigenvalue weighted by Crippen LogP contribution is -2.15. The maximum atomic E-state index is 5.52. The third-order valence-electron chi connectivity index (χ3n) is 1.51. The van der Waals surface area contributed by atoms with Gasteiger partial charge in [0.2, 0.25) is 0 Å². The van der Waals surface area contributed by atoms with Crippen molar-refractivity contribution in [2.45, 2.75) is 6.54 Å². The summed E-state index contributed by atoms with van der Waals surface area (Å²) in [4.78, 5) is 0. The molecule has 0 saturated heterocycles. The van der Waals surface area contributed by atoms with Crippen LogP contribution in [-0.2, 0) is 6.54 Å². The first-order chi connectivity index (χ1) is 5.83. The second kappa shape index (κ2) is 5.57. The van der Waals surface area contributed by atoms with Crippen LogP contribution >= 0.6 is 27.5 Å². The largest absolute Gasteiger partial charge is 0.311 e. The Morgan fingerprint density at radius 1 is 1.25 bits per heavy atom. The Hall–Kier alpha value is -0.0500. The van der Waals surface area contributed by atoms with Crippen LogP contribution in [0.3, 0.4) is 0 Å². The summed E-state index contributed by atoms with van der Waals surface area (Å²) in [6.07, 6.45) is 0. The molecule has 0 aliphatic carbocycles. The van der Waals surface area contributed by atoms with Crippen molar-refractivity contribution < 1.29 is 0 Å². The van der Waals surface area contributed by atoms with E-state index in [9.17, 15) is 0 Å². The minimum absolute atomic E-state index is 0.663. The monoisotopic (exact) mass is 247 g/mol. The number of alkyl halides is 1. The van der Waals surface area contributed by atoms with Crippen LogP contribution in [-0.4, -0.2) is 12.4 Å². The minimum atomic E-state index is 0.663. The van der Waals surface area contributed by atoms with Gasteiger partial charge in [-0.15, -0.1) is 11.6 Å². The standard InChI is InChI=1S/C9H11BrClN/c10-9-3-1-8(2-4-9)7-12-6-5-11/h1-4,12H,5-7H2. The van der Waals surface area contributed by atoms with Crippen molar-refractivity contribution in [1.29, 1.82) is 0 Å². The van der Waals surface area contributed by atoms with Gasteiger partial charge in [0.1, 0.15) is 0 Å². The lowest BCUT2D eigenvalue weighted by atomic mass is 10.2. The Labute approximate surface area is 86.2 Å². The molecule has 0 spiro atoms. The lowest BCUT2D eigenvalue weighted by Gasteiger charge is -2.01. The van der Waals surface area contributed by atoms with Crippen molar-refractivity contribution in [2.75, 3.05) is 12.4 Å². The number of nitrogens with one attached hydrogen (secondary N) is 1. The van der Waals surface area contributed by atoms with Crippen LogP contribution < -0.4 is 5.32 Å². The second-order valence-electron chi connectivity index (χ2n) is 2.49. The molecular weight excluding hydrogens is 237 g/mol. The molecule has 0 unspecified atom stereocenters. The summed E-state index contributed by atoms with van der Waals surface area (Å²) in [5.41, 5.74) is 1.28. The third kappa shape index (κ3) is 3.57. The Bertz CT molecular complexity index is 222. The number of rotatable bonds is 4. The zero-order valence-corrected chi connectivity index (χ0v) is 9.03. The van der Waals surface area contributed by atoms with Gasteiger partial charge in [0, 0.05) is 23.4 Å². The van der Waals surface area contributed by atoms with Crippen molar-refractivity contribution >= 4 is 27.5 Å². The summed E-state index contributed by atoms with van der Waals surface area (Å²) in [7, 11) is 0. The molecule has 0 saturated carbocycles. The second-order valence-corrected chi connectivity index (χ2v) is 3.79. The van der Waals surface area contributed by atoms with E-state index in [1.807, 2.05) is 12.1 Å². The van der Waals surface area contributed by atoms with Gasteiger partial charge in [0.15, 0.2) is 0 Å². The molecule has 1 aromatic rings. The van der Waals surface area contributed by atoms with E-state index in [4.69, 9.17) is 11.6 Å². The molecule has 66 valence electrons. The predicted molar refractivity (Wildman–Crippen MR) is 56.6 cm³/mol. The zero-order valence-electron chi connectivity index (χ0n) is 6.69. The average molecular weight is 249 g/mol. The number of hydrogen-bond donors (Lipinski definition) is 1. The van der Waals surface area contributed by atoms with E-state index < -0.39 is 0 Å². The van der Waals surface area contributed by atoms with Crippen molar-refractivity contribution in [1.82, 2.24) is 5.32 Å². The van der Waals surface area contributed by atoms with E-state index in [0.717, 1.165) is 17.6 Å². The van der Waals surface area contributed by atoms with Crippen molar-refractivity contribution in [3.05, 3.63) is 34.3 Å². The minimum Gasteiger partial charge on any atom is -0.311 e. The lowest BCUT2D eigenvalue weighted by molar-refractivity contribution is 0.730. The van der Waals surface area contributed by atoms with Gasteiger partial charge in [-0.3, -0.25) is 0 Å². The van der Waals surface area contributed by atoms with Crippen LogP contribution in [0.2, 0.25) is 0 Å². The number of halogens is 2. The molecule has 1 nitrogen and oxygen atoms in total. The molecule has 3 heteroatoms. The van der Waals surface area contributed by atoms with Gasteiger partial charge in [-0.1, -0.05) is 28.1 Å². The maximum absolute atomic E-state index is 5.52. The maximum Gasteiger partial charge on any atom is 0.0348 e. The number of hydrogen-bond acceptors (Lipinski definition) is 1. The SMILES string of the molecule is ClCCNCc1ccc(Br)cc1. The van der Waals surface area contributed by atoms with Crippen LogP contribution in [0.4, 0.5) is 0 Å². The summed E-state index contributed by atoms with van der Waals surface area (Å²) in [6, 6.07) is 8.26. The van der Waals surface area contributed by atoms with Gasteiger partial charge in [0.05, 0.1) is 0 Å². The fourth-order valence-electron chi connectivity index (χ4n) is 0.902. The molecule has 0 aromatic heterocycles. The fraction of sp³-hybridized carbons (Fsp3) is 0.333. The van der Waals surface area contributed by atoms with Crippen LogP contribution in [0.15, 0.2) is 28.7 Å². The molecular formula is C9H11BrClN. The first-order valence-electron chi connectivity index (χ1n) is 3.84. The molecule has 0 aliphatic heterocycles. The Balaban J connectivity index is 2.37. The topological polar surface area (TPSA) is 12.0 Å². The molecule has 0 atom stereocenters. The smallest absolute Gasteiger partial charge is 0.0348 e. The van der Waals surface area contributed by atoms with E-state index in [0.29, 0.717) is 5.88 Å². The van der Waals surface area contributed by atoms with Gasteiger partial charge in [-0.2, -0.15) is 0 Å². The molecule has 12 heavy (non-hydrogen) atoms. The molecule has 1 rings (SSSR count). The average Bonchev–Trinajstić information content (AvgIpc) is 2.09. The van der Waals surface area contributed by atoms with Crippen LogP contribution in [0.1, 0.15) is 5.56 Å². The van der Waals surface area contributed by atoms with Gasteiger partial charge in [-0.05, 0) is 17.7 Å². The molecule has 0 aliphatic rings. The van der Waals surface area contributed by atoms with E-state index in [2.05, 4.69) is 33.4 Å². The van der Waals surface area contributed by atoms with E-state index in [-0.39, 0.29) is 0 Å². The summed E-state index contributed by atoms with van der Waals surface area (Å²) in [5, 5.41) is 3.22. The zero-order chi connectivity index (χ0) is 8.81. The normalized spacial score (nSPS) is 10.2. The molecule has 0 heterocycles. The van der Waals surface area contributed by atoms with E-state index in [1.54, 1.807) is 0 Å². The highest BCUT2D eigenvalue weighted by atomic mass is 79.9. The van der Waals surface area contributed by atoms with Gasteiger partial charge >= 0.3 is 0 Å². The van der Waals surface area contributed by atoms with E-state index >= 15 is 0 Å². The van der Waals surface area contributed by atoms with Crippen LogP contribution in [0.25, 0.3) is 0 Å². The van der Waals surface area contributed by atoms with Crippen LogP contribution in [0.5, 0.6) is 0 Å². The van der Waals surface area contributed by atoms with Crippen molar-refractivity contribution in [2.24, 2.45) is 0 Å². The molecule has 1 N–H and O–H groups in total. The molecule has 0 radical (unpaired) electrons. The van der Waals surface area contributed by atoms with Gasteiger partial charge in [0.25, 0.3) is 0 Å². The number of benzene rings is 1. The summed E-state index contributed by atoms with van der Waals surface area (Å²) >= 11 is 8.91. The highest BCUT2D eigenvalue weighted by Crippen LogP contribution is 2.09.